The Bertz CT molecular complexity index is 616. The number of nitrogens with one attached hydrogen (secondary N) is 1. The Labute approximate surface area is 141 Å². The lowest BCUT2D eigenvalue weighted by Gasteiger charge is -2.26. The van der Waals surface area contributed by atoms with Crippen LogP contribution in [0.15, 0.2) is 23.1 Å². The lowest BCUT2D eigenvalue weighted by Crippen LogP contribution is -2.32. The van der Waals surface area contributed by atoms with Crippen LogP contribution in [0.2, 0.25) is 5.02 Å². The largest absolute Gasteiger partial charge is 0.495 e. The first kappa shape index (κ1) is 18.5. The predicted molar refractivity (Wildman–Crippen MR) is 87.4 cm³/mol. The van der Waals surface area contributed by atoms with Crippen molar-refractivity contribution in [1.29, 1.82) is 0 Å². The van der Waals surface area contributed by atoms with Crippen molar-refractivity contribution in [3.63, 3.8) is 0 Å². The highest BCUT2D eigenvalue weighted by Crippen LogP contribution is 2.27. The molecular formula is C15H22ClNO5S. The molecule has 0 aliphatic carbocycles. The zero-order valence-electron chi connectivity index (χ0n) is 13.0. The Balaban J connectivity index is 1.89. The van der Waals surface area contributed by atoms with E-state index in [2.05, 4.69) is 4.72 Å². The van der Waals surface area contributed by atoms with Gasteiger partial charge in [-0.2, -0.15) is 0 Å². The number of aliphatic hydroxyl groups excluding tert-OH is 1. The molecule has 8 heteroatoms. The highest BCUT2D eigenvalue weighted by Gasteiger charge is 2.23. The van der Waals surface area contributed by atoms with Crippen LogP contribution in [-0.2, 0) is 14.8 Å². The first-order chi connectivity index (χ1) is 10.9. The Kier molecular flexibility index (Phi) is 6.67. The van der Waals surface area contributed by atoms with E-state index in [4.69, 9.17) is 21.1 Å². The van der Waals surface area contributed by atoms with E-state index in [9.17, 15) is 13.5 Å². The molecule has 1 aromatic carbocycles. The maximum Gasteiger partial charge on any atom is 0.240 e. The van der Waals surface area contributed by atoms with Gasteiger partial charge in [0.1, 0.15) is 5.75 Å². The lowest BCUT2D eigenvalue weighted by atomic mass is 9.92. The fourth-order valence-electron chi connectivity index (χ4n) is 2.58. The van der Waals surface area contributed by atoms with E-state index in [0.29, 0.717) is 25.4 Å². The van der Waals surface area contributed by atoms with Gasteiger partial charge in [-0.1, -0.05) is 11.6 Å². The van der Waals surface area contributed by atoms with E-state index in [1.807, 2.05) is 0 Å². The van der Waals surface area contributed by atoms with E-state index in [0.717, 1.165) is 12.8 Å². The second-order valence-corrected chi connectivity index (χ2v) is 7.67. The van der Waals surface area contributed by atoms with Crippen molar-refractivity contribution < 1.29 is 23.0 Å². The molecule has 1 atom stereocenters. The maximum atomic E-state index is 12.2. The summed E-state index contributed by atoms with van der Waals surface area (Å²) >= 11 is 5.95. The topological polar surface area (TPSA) is 84.9 Å². The van der Waals surface area contributed by atoms with Crippen LogP contribution in [0.4, 0.5) is 0 Å². The number of aliphatic hydroxyl groups is 1. The molecule has 6 nitrogen and oxygen atoms in total. The molecule has 1 heterocycles. The van der Waals surface area contributed by atoms with E-state index in [1.165, 1.54) is 25.3 Å². The van der Waals surface area contributed by atoms with Gasteiger partial charge in [-0.15, -0.1) is 0 Å². The van der Waals surface area contributed by atoms with Gasteiger partial charge in [0.15, 0.2) is 0 Å². The number of halogens is 1. The molecule has 0 spiro atoms. The zero-order chi connectivity index (χ0) is 16.9. The molecule has 130 valence electrons. The molecule has 1 aliphatic rings. The van der Waals surface area contributed by atoms with Gasteiger partial charge in [-0.3, -0.25) is 0 Å². The molecule has 0 amide bonds. The first-order valence-electron chi connectivity index (χ1n) is 7.53. The van der Waals surface area contributed by atoms with Gasteiger partial charge >= 0.3 is 0 Å². The van der Waals surface area contributed by atoms with Crippen LogP contribution in [0, 0.1) is 5.92 Å². The normalized spacial score (nSPS) is 17.9. The molecule has 23 heavy (non-hydrogen) atoms. The summed E-state index contributed by atoms with van der Waals surface area (Å²) < 4.78 is 37.2. The fraction of sp³-hybridized carbons (Fsp3) is 0.600. The van der Waals surface area contributed by atoms with Gasteiger partial charge in [0, 0.05) is 19.8 Å². The highest BCUT2D eigenvalue weighted by atomic mass is 35.5. The molecule has 0 bridgehead atoms. The molecule has 2 rings (SSSR count). The zero-order valence-corrected chi connectivity index (χ0v) is 14.6. The molecule has 0 radical (unpaired) electrons. The molecule has 1 fully saturated rings. The molecule has 0 unspecified atom stereocenters. The third-order valence-electron chi connectivity index (χ3n) is 3.98. The van der Waals surface area contributed by atoms with E-state index in [-0.39, 0.29) is 22.4 Å². The van der Waals surface area contributed by atoms with Crippen molar-refractivity contribution in [2.45, 2.75) is 30.3 Å². The monoisotopic (exact) mass is 363 g/mol. The number of sulfonamides is 1. The maximum absolute atomic E-state index is 12.2. The van der Waals surface area contributed by atoms with Crippen molar-refractivity contribution in [2.24, 2.45) is 5.92 Å². The fourth-order valence-corrected chi connectivity index (χ4v) is 3.97. The lowest BCUT2D eigenvalue weighted by molar-refractivity contribution is 0.00567. The van der Waals surface area contributed by atoms with Crippen molar-refractivity contribution in [3.8, 4) is 5.75 Å². The molecule has 1 aliphatic heterocycles. The minimum Gasteiger partial charge on any atom is -0.495 e. The Hall–Kier alpha value is -0.860. The number of rotatable bonds is 7. The Morgan fingerprint density at radius 3 is 2.74 bits per heavy atom. The summed E-state index contributed by atoms with van der Waals surface area (Å²) in [6.45, 7) is 1.47. The van der Waals surface area contributed by atoms with Crippen molar-refractivity contribution in [3.05, 3.63) is 23.2 Å². The average molecular weight is 364 g/mol. The number of ether oxygens (including phenoxy) is 2. The average Bonchev–Trinajstić information content (AvgIpc) is 2.55. The molecular weight excluding hydrogens is 342 g/mol. The number of hydrogen-bond donors (Lipinski definition) is 2. The third-order valence-corrected chi connectivity index (χ3v) is 5.73. The SMILES string of the molecule is COc1ccc(S(=O)(=O)NCC[C@@H](O)C2CCOCC2)cc1Cl. The van der Waals surface area contributed by atoms with Gasteiger partial charge in [-0.05, 0) is 43.4 Å². The predicted octanol–water partition coefficient (Wildman–Crippen LogP) is 1.80. The second kappa shape index (κ2) is 8.30. The summed E-state index contributed by atoms with van der Waals surface area (Å²) in [5.41, 5.74) is 0. The van der Waals surface area contributed by atoms with Crippen molar-refractivity contribution in [1.82, 2.24) is 4.72 Å². The summed E-state index contributed by atoms with van der Waals surface area (Å²) in [5, 5.41) is 10.4. The van der Waals surface area contributed by atoms with Crippen molar-refractivity contribution >= 4 is 21.6 Å². The van der Waals surface area contributed by atoms with Gasteiger partial charge in [0.2, 0.25) is 10.0 Å². The number of benzene rings is 1. The number of hydrogen-bond acceptors (Lipinski definition) is 5. The quantitative estimate of drug-likeness (QED) is 0.771. The van der Waals surface area contributed by atoms with Crippen LogP contribution in [0.5, 0.6) is 5.75 Å². The van der Waals surface area contributed by atoms with Gasteiger partial charge < -0.3 is 14.6 Å². The van der Waals surface area contributed by atoms with Crippen LogP contribution in [0.25, 0.3) is 0 Å². The number of methoxy groups -OCH3 is 1. The molecule has 2 N–H and O–H groups in total. The Morgan fingerprint density at radius 1 is 1.43 bits per heavy atom. The summed E-state index contributed by atoms with van der Waals surface area (Å²) in [5.74, 6) is 0.587. The Morgan fingerprint density at radius 2 is 2.13 bits per heavy atom. The summed E-state index contributed by atoms with van der Waals surface area (Å²) in [6.07, 6.45) is 1.46. The standard InChI is InChI=1S/C15H22ClNO5S/c1-21-15-3-2-12(10-13(15)16)23(19,20)17-7-4-14(18)11-5-8-22-9-6-11/h2-3,10-11,14,17-18H,4-9H2,1H3/t14-/m1/s1. The molecule has 1 aromatic rings. The second-order valence-electron chi connectivity index (χ2n) is 5.50. The summed E-state index contributed by atoms with van der Waals surface area (Å²) in [7, 11) is -2.20. The minimum absolute atomic E-state index is 0.0730. The van der Waals surface area contributed by atoms with Crippen LogP contribution in [0.1, 0.15) is 19.3 Å². The smallest absolute Gasteiger partial charge is 0.240 e. The van der Waals surface area contributed by atoms with Gasteiger partial charge in [-0.25, -0.2) is 13.1 Å². The van der Waals surface area contributed by atoms with E-state index in [1.54, 1.807) is 0 Å². The minimum atomic E-state index is -3.66. The summed E-state index contributed by atoms with van der Waals surface area (Å²) in [4.78, 5) is 0.0730. The van der Waals surface area contributed by atoms with E-state index >= 15 is 0 Å². The van der Waals surface area contributed by atoms with Crippen LogP contribution < -0.4 is 9.46 Å². The van der Waals surface area contributed by atoms with Gasteiger partial charge in [0.05, 0.1) is 23.1 Å². The summed E-state index contributed by atoms with van der Waals surface area (Å²) in [6, 6.07) is 4.29. The van der Waals surface area contributed by atoms with Crippen LogP contribution in [-0.4, -0.2) is 46.5 Å². The van der Waals surface area contributed by atoms with Crippen LogP contribution in [0.3, 0.4) is 0 Å². The van der Waals surface area contributed by atoms with Gasteiger partial charge in [0.25, 0.3) is 0 Å². The molecule has 1 saturated heterocycles. The third kappa shape index (κ3) is 5.06. The molecule has 0 aromatic heterocycles. The highest BCUT2D eigenvalue weighted by molar-refractivity contribution is 7.89. The van der Waals surface area contributed by atoms with Crippen molar-refractivity contribution in [2.75, 3.05) is 26.9 Å². The molecule has 0 saturated carbocycles. The van der Waals surface area contributed by atoms with Crippen LogP contribution >= 0.6 is 11.6 Å². The van der Waals surface area contributed by atoms with E-state index < -0.39 is 16.1 Å². The first-order valence-corrected chi connectivity index (χ1v) is 9.39.